The molecule has 0 N–H and O–H groups in total. The molecule has 2 rings (SSSR count). The Balaban J connectivity index is 2.64. The van der Waals surface area contributed by atoms with Gasteiger partial charge in [-0.15, -0.1) is 0 Å². The second-order valence-corrected chi connectivity index (χ2v) is 5.63. The highest BCUT2D eigenvalue weighted by Crippen LogP contribution is 2.49. The van der Waals surface area contributed by atoms with Crippen LogP contribution in [0.1, 0.15) is 39.2 Å². The van der Waals surface area contributed by atoms with Crippen LogP contribution in [-0.2, 0) is 5.41 Å². The van der Waals surface area contributed by atoms with Gasteiger partial charge in [0.1, 0.15) is 0 Å². The smallest absolute Gasteiger partial charge is 0.0479 e. The van der Waals surface area contributed by atoms with E-state index in [4.69, 9.17) is 23.2 Å². The molecular formula is C14H19Cl2N. The van der Waals surface area contributed by atoms with Crippen molar-refractivity contribution in [3.63, 3.8) is 0 Å². The lowest BCUT2D eigenvalue weighted by Crippen LogP contribution is -2.32. The first-order chi connectivity index (χ1) is 8.07. The van der Waals surface area contributed by atoms with E-state index in [0.29, 0.717) is 0 Å². The van der Waals surface area contributed by atoms with E-state index in [0.717, 1.165) is 36.0 Å². The van der Waals surface area contributed by atoms with Crippen LogP contribution in [0.25, 0.3) is 0 Å². The van der Waals surface area contributed by atoms with Crippen molar-refractivity contribution in [3.05, 3.63) is 27.7 Å². The lowest BCUT2D eigenvalue weighted by atomic mass is 9.77. The molecule has 0 aromatic heterocycles. The normalized spacial score (nSPS) is 17.4. The molecule has 0 spiro atoms. The molecule has 0 fully saturated rings. The third-order valence-electron chi connectivity index (χ3n) is 4.13. The highest BCUT2D eigenvalue weighted by Gasteiger charge is 2.41. The highest BCUT2D eigenvalue weighted by atomic mass is 35.5. The molecule has 1 aliphatic heterocycles. The lowest BCUT2D eigenvalue weighted by molar-refractivity contribution is 0.421. The van der Waals surface area contributed by atoms with Gasteiger partial charge < -0.3 is 4.90 Å². The second-order valence-electron chi connectivity index (χ2n) is 4.78. The van der Waals surface area contributed by atoms with Gasteiger partial charge in [-0.1, -0.05) is 37.0 Å². The van der Waals surface area contributed by atoms with Crippen LogP contribution in [0.3, 0.4) is 0 Å². The quantitative estimate of drug-likeness (QED) is 0.757. The first-order valence-corrected chi connectivity index (χ1v) is 7.08. The van der Waals surface area contributed by atoms with Gasteiger partial charge in [-0.2, -0.15) is 0 Å². The first kappa shape index (κ1) is 13.0. The molecule has 17 heavy (non-hydrogen) atoms. The molecule has 0 bridgehead atoms. The van der Waals surface area contributed by atoms with E-state index in [1.165, 1.54) is 11.3 Å². The maximum Gasteiger partial charge on any atom is 0.0479 e. The van der Waals surface area contributed by atoms with Gasteiger partial charge in [-0.25, -0.2) is 0 Å². The van der Waals surface area contributed by atoms with Crippen LogP contribution >= 0.6 is 23.2 Å². The fourth-order valence-electron chi connectivity index (χ4n) is 2.97. The van der Waals surface area contributed by atoms with E-state index in [9.17, 15) is 0 Å². The number of rotatable bonds is 3. The van der Waals surface area contributed by atoms with Crippen molar-refractivity contribution in [1.82, 2.24) is 0 Å². The molecule has 3 heteroatoms. The van der Waals surface area contributed by atoms with Crippen LogP contribution < -0.4 is 4.90 Å². The third-order valence-corrected chi connectivity index (χ3v) is 4.65. The second kappa shape index (κ2) is 4.70. The molecule has 1 aliphatic rings. The number of benzene rings is 1. The van der Waals surface area contributed by atoms with E-state index in [1.807, 2.05) is 6.07 Å². The van der Waals surface area contributed by atoms with Gasteiger partial charge in [0.2, 0.25) is 0 Å². The summed E-state index contributed by atoms with van der Waals surface area (Å²) in [6.07, 6.45) is 2.24. The Hall–Kier alpha value is -0.400. The van der Waals surface area contributed by atoms with E-state index in [-0.39, 0.29) is 5.41 Å². The Kier molecular flexibility index (Phi) is 3.61. The van der Waals surface area contributed by atoms with Crippen molar-refractivity contribution in [1.29, 1.82) is 0 Å². The molecule has 0 atom stereocenters. The fourth-order valence-corrected chi connectivity index (χ4v) is 3.66. The van der Waals surface area contributed by atoms with E-state index in [1.54, 1.807) is 0 Å². The summed E-state index contributed by atoms with van der Waals surface area (Å²) < 4.78 is 0. The summed E-state index contributed by atoms with van der Waals surface area (Å²) >= 11 is 12.5. The van der Waals surface area contributed by atoms with Gasteiger partial charge in [-0.05, 0) is 31.9 Å². The lowest BCUT2D eigenvalue weighted by Gasteiger charge is -2.28. The number of fused-ring (bicyclic) bond motifs is 1. The first-order valence-electron chi connectivity index (χ1n) is 6.32. The Bertz CT molecular complexity index is 424. The molecule has 94 valence electrons. The molecule has 0 unspecified atom stereocenters. The van der Waals surface area contributed by atoms with Crippen molar-refractivity contribution in [2.45, 2.75) is 39.0 Å². The average molecular weight is 272 g/mol. The summed E-state index contributed by atoms with van der Waals surface area (Å²) in [6.45, 7) is 8.74. The van der Waals surface area contributed by atoms with Crippen LogP contribution in [0.4, 0.5) is 5.69 Å². The SMILES string of the molecule is CCN1CC(CC)(CC)c2c(Cl)cc(Cl)cc21. The summed E-state index contributed by atoms with van der Waals surface area (Å²) in [6, 6.07) is 3.93. The van der Waals surface area contributed by atoms with Crippen LogP contribution in [0, 0.1) is 0 Å². The number of nitrogens with zero attached hydrogens (tertiary/aromatic N) is 1. The van der Waals surface area contributed by atoms with Crippen molar-refractivity contribution in [2.75, 3.05) is 18.0 Å². The van der Waals surface area contributed by atoms with E-state index >= 15 is 0 Å². The zero-order valence-electron chi connectivity index (χ0n) is 10.7. The van der Waals surface area contributed by atoms with Crippen molar-refractivity contribution < 1.29 is 0 Å². The summed E-state index contributed by atoms with van der Waals surface area (Å²) in [4.78, 5) is 2.39. The zero-order chi connectivity index (χ0) is 12.6. The minimum absolute atomic E-state index is 0.201. The monoisotopic (exact) mass is 271 g/mol. The van der Waals surface area contributed by atoms with Gasteiger partial charge in [0.05, 0.1) is 0 Å². The summed E-state index contributed by atoms with van der Waals surface area (Å²) in [5.41, 5.74) is 2.73. The molecule has 1 aromatic rings. The van der Waals surface area contributed by atoms with Gasteiger partial charge in [-0.3, -0.25) is 0 Å². The van der Waals surface area contributed by atoms with Gasteiger partial charge in [0.25, 0.3) is 0 Å². The minimum Gasteiger partial charge on any atom is -0.371 e. The van der Waals surface area contributed by atoms with Crippen LogP contribution in [0.15, 0.2) is 12.1 Å². The van der Waals surface area contributed by atoms with Crippen molar-refractivity contribution >= 4 is 28.9 Å². The molecule has 0 radical (unpaired) electrons. The standard InChI is InChI=1S/C14H19Cl2N/c1-4-14(5-2)9-17(6-3)12-8-10(15)7-11(16)13(12)14/h7-8H,4-6,9H2,1-3H3. The number of halogens is 2. The molecule has 0 amide bonds. The Labute approximate surface area is 114 Å². The van der Waals surface area contributed by atoms with Crippen LogP contribution in [0.5, 0.6) is 0 Å². The molecule has 1 aromatic carbocycles. The van der Waals surface area contributed by atoms with Gasteiger partial charge in [0.15, 0.2) is 0 Å². The van der Waals surface area contributed by atoms with Crippen LogP contribution in [0.2, 0.25) is 10.0 Å². The summed E-state index contributed by atoms with van der Waals surface area (Å²) in [5, 5.41) is 1.56. The Morgan fingerprint density at radius 2 is 1.82 bits per heavy atom. The average Bonchev–Trinajstić information content (AvgIpc) is 2.63. The third kappa shape index (κ3) is 1.94. The topological polar surface area (TPSA) is 3.24 Å². The minimum atomic E-state index is 0.201. The largest absolute Gasteiger partial charge is 0.371 e. The Morgan fingerprint density at radius 1 is 1.18 bits per heavy atom. The van der Waals surface area contributed by atoms with Crippen molar-refractivity contribution in [3.8, 4) is 0 Å². The molecular weight excluding hydrogens is 253 g/mol. The number of hydrogen-bond donors (Lipinski definition) is 0. The maximum absolute atomic E-state index is 6.43. The number of anilines is 1. The van der Waals surface area contributed by atoms with Gasteiger partial charge in [0, 0.05) is 39.8 Å². The fraction of sp³-hybridized carbons (Fsp3) is 0.571. The van der Waals surface area contributed by atoms with Crippen LogP contribution in [-0.4, -0.2) is 13.1 Å². The Morgan fingerprint density at radius 3 is 2.35 bits per heavy atom. The van der Waals surface area contributed by atoms with Crippen molar-refractivity contribution in [2.24, 2.45) is 0 Å². The molecule has 0 saturated carbocycles. The molecule has 0 saturated heterocycles. The molecule has 1 nitrogen and oxygen atoms in total. The highest BCUT2D eigenvalue weighted by molar-refractivity contribution is 6.35. The van der Waals surface area contributed by atoms with E-state index in [2.05, 4.69) is 31.7 Å². The maximum atomic E-state index is 6.43. The molecule has 1 heterocycles. The van der Waals surface area contributed by atoms with Gasteiger partial charge >= 0.3 is 0 Å². The number of hydrogen-bond acceptors (Lipinski definition) is 1. The molecule has 0 aliphatic carbocycles. The van der Waals surface area contributed by atoms with E-state index < -0.39 is 0 Å². The summed E-state index contributed by atoms with van der Waals surface area (Å²) in [5.74, 6) is 0. The summed E-state index contributed by atoms with van der Waals surface area (Å²) in [7, 11) is 0. The predicted molar refractivity (Wildman–Crippen MR) is 76.6 cm³/mol. The predicted octanol–water partition coefficient (Wildman–Crippen LogP) is 4.89. The zero-order valence-corrected chi connectivity index (χ0v) is 12.2. The number of likely N-dealkylation sites (N-methyl/N-ethyl adjacent to an activating group) is 1.